The van der Waals surface area contributed by atoms with Gasteiger partial charge in [-0.05, 0) is 43.2 Å². The predicted molar refractivity (Wildman–Crippen MR) is 76.9 cm³/mol. The van der Waals surface area contributed by atoms with Crippen LogP contribution >= 0.6 is 11.8 Å². The van der Waals surface area contributed by atoms with E-state index in [1.54, 1.807) is 6.07 Å². The maximum absolute atomic E-state index is 12.5. The lowest BCUT2D eigenvalue weighted by atomic mass is 9.85. The van der Waals surface area contributed by atoms with E-state index in [0.29, 0.717) is 6.42 Å². The highest BCUT2D eigenvalue weighted by Crippen LogP contribution is 2.40. The molecule has 0 spiro atoms. The SMILES string of the molecule is NC1CCCC(C(=O)Nc2ccccc2SC(F)(F)F)C1. The van der Waals surface area contributed by atoms with Crippen molar-refractivity contribution in [2.45, 2.75) is 42.1 Å². The Labute approximate surface area is 125 Å². The van der Waals surface area contributed by atoms with Crippen molar-refractivity contribution < 1.29 is 18.0 Å². The van der Waals surface area contributed by atoms with Gasteiger partial charge in [0.1, 0.15) is 0 Å². The van der Waals surface area contributed by atoms with E-state index in [1.165, 1.54) is 18.2 Å². The van der Waals surface area contributed by atoms with Crippen molar-refractivity contribution in [1.82, 2.24) is 0 Å². The van der Waals surface area contributed by atoms with E-state index in [0.717, 1.165) is 19.3 Å². The molecule has 1 aliphatic rings. The molecule has 3 N–H and O–H groups in total. The lowest BCUT2D eigenvalue weighted by Crippen LogP contribution is -2.34. The summed E-state index contributed by atoms with van der Waals surface area (Å²) < 4.78 is 37.5. The monoisotopic (exact) mass is 318 g/mol. The Morgan fingerprint density at radius 1 is 1.29 bits per heavy atom. The van der Waals surface area contributed by atoms with Gasteiger partial charge in [-0.2, -0.15) is 13.2 Å². The van der Waals surface area contributed by atoms with Crippen molar-refractivity contribution in [3.05, 3.63) is 24.3 Å². The van der Waals surface area contributed by atoms with Gasteiger partial charge in [0.25, 0.3) is 0 Å². The molecule has 2 unspecified atom stereocenters. The van der Waals surface area contributed by atoms with Gasteiger partial charge in [0.2, 0.25) is 5.91 Å². The van der Waals surface area contributed by atoms with Gasteiger partial charge in [0, 0.05) is 16.9 Å². The topological polar surface area (TPSA) is 55.1 Å². The van der Waals surface area contributed by atoms with E-state index in [1.807, 2.05) is 0 Å². The molecule has 21 heavy (non-hydrogen) atoms. The zero-order valence-corrected chi connectivity index (χ0v) is 12.1. The second-order valence-electron chi connectivity index (χ2n) is 5.16. The van der Waals surface area contributed by atoms with Crippen LogP contribution in [0.1, 0.15) is 25.7 Å². The van der Waals surface area contributed by atoms with Crippen molar-refractivity contribution in [3.8, 4) is 0 Å². The molecule has 3 nitrogen and oxygen atoms in total. The summed E-state index contributed by atoms with van der Waals surface area (Å²) in [5, 5.41) is 2.61. The molecule has 1 aromatic carbocycles. The molecule has 0 aliphatic heterocycles. The lowest BCUT2D eigenvalue weighted by molar-refractivity contribution is -0.120. The highest BCUT2D eigenvalue weighted by molar-refractivity contribution is 8.00. The van der Waals surface area contributed by atoms with Gasteiger partial charge in [-0.25, -0.2) is 0 Å². The van der Waals surface area contributed by atoms with Gasteiger partial charge in [-0.1, -0.05) is 18.6 Å². The number of hydrogen-bond acceptors (Lipinski definition) is 3. The largest absolute Gasteiger partial charge is 0.446 e. The van der Waals surface area contributed by atoms with Crippen LogP contribution in [-0.4, -0.2) is 17.5 Å². The molecular weight excluding hydrogens is 301 g/mol. The first-order valence-corrected chi connectivity index (χ1v) is 7.58. The number of hydrogen-bond donors (Lipinski definition) is 2. The molecule has 1 aromatic rings. The number of para-hydroxylation sites is 1. The Morgan fingerprint density at radius 2 is 2.00 bits per heavy atom. The number of anilines is 1. The van der Waals surface area contributed by atoms with Crippen LogP contribution in [0.15, 0.2) is 29.2 Å². The Morgan fingerprint density at radius 3 is 2.67 bits per heavy atom. The van der Waals surface area contributed by atoms with Gasteiger partial charge in [0.05, 0.1) is 5.69 Å². The fourth-order valence-corrected chi connectivity index (χ4v) is 3.11. The number of halogens is 3. The van der Waals surface area contributed by atoms with E-state index in [4.69, 9.17) is 5.73 Å². The molecule has 2 atom stereocenters. The lowest BCUT2D eigenvalue weighted by Gasteiger charge is -2.26. The van der Waals surface area contributed by atoms with Crippen molar-refractivity contribution in [2.75, 3.05) is 5.32 Å². The van der Waals surface area contributed by atoms with Crippen LogP contribution in [-0.2, 0) is 4.79 Å². The van der Waals surface area contributed by atoms with Crippen LogP contribution in [0.3, 0.4) is 0 Å². The van der Waals surface area contributed by atoms with Crippen LogP contribution < -0.4 is 11.1 Å². The standard InChI is InChI=1S/C14H17F3N2OS/c15-14(16,17)21-12-7-2-1-6-11(12)19-13(20)9-4-3-5-10(18)8-9/h1-2,6-7,9-10H,3-5,8,18H2,(H,19,20). The molecule has 0 saturated heterocycles. The molecule has 7 heteroatoms. The van der Waals surface area contributed by atoms with Gasteiger partial charge in [-0.15, -0.1) is 0 Å². The summed E-state index contributed by atoms with van der Waals surface area (Å²) in [7, 11) is 0. The quantitative estimate of drug-likeness (QED) is 0.835. The molecular formula is C14H17F3N2OS. The second-order valence-corrected chi connectivity index (χ2v) is 6.26. The van der Waals surface area contributed by atoms with Crippen molar-refractivity contribution in [3.63, 3.8) is 0 Å². The first kappa shape index (κ1) is 16.2. The smallest absolute Gasteiger partial charge is 0.328 e. The maximum atomic E-state index is 12.5. The summed E-state index contributed by atoms with van der Waals surface area (Å²) in [6.07, 6.45) is 3.08. The number of benzene rings is 1. The van der Waals surface area contributed by atoms with Gasteiger partial charge < -0.3 is 11.1 Å². The summed E-state index contributed by atoms with van der Waals surface area (Å²) in [6.45, 7) is 0. The molecule has 116 valence electrons. The van der Waals surface area contributed by atoms with E-state index in [-0.39, 0.29) is 40.2 Å². The minimum absolute atomic E-state index is 0.00143. The van der Waals surface area contributed by atoms with Crippen LogP contribution in [0.25, 0.3) is 0 Å². The number of thioether (sulfide) groups is 1. The summed E-state index contributed by atoms with van der Waals surface area (Å²) in [4.78, 5) is 12.2. The third kappa shape index (κ3) is 4.93. The van der Waals surface area contributed by atoms with Crippen LogP contribution in [0, 0.1) is 5.92 Å². The molecule has 2 rings (SSSR count). The van der Waals surface area contributed by atoms with E-state index in [9.17, 15) is 18.0 Å². The van der Waals surface area contributed by atoms with Gasteiger partial charge in [0.15, 0.2) is 0 Å². The van der Waals surface area contributed by atoms with Crippen molar-refractivity contribution >= 4 is 23.4 Å². The van der Waals surface area contributed by atoms with E-state index in [2.05, 4.69) is 5.32 Å². The summed E-state index contributed by atoms with van der Waals surface area (Å²) >= 11 is -0.223. The average molecular weight is 318 g/mol. The summed E-state index contributed by atoms with van der Waals surface area (Å²) in [5.41, 5.74) is 1.65. The molecule has 0 aromatic heterocycles. The number of nitrogens with one attached hydrogen (secondary N) is 1. The Bertz CT molecular complexity index is 507. The second kappa shape index (κ2) is 6.70. The first-order valence-electron chi connectivity index (χ1n) is 6.76. The number of carbonyl (C=O) groups excluding carboxylic acids is 1. The van der Waals surface area contributed by atoms with Crippen molar-refractivity contribution in [2.24, 2.45) is 11.7 Å². The highest BCUT2D eigenvalue weighted by atomic mass is 32.2. The zero-order chi connectivity index (χ0) is 15.5. The number of alkyl halides is 3. The summed E-state index contributed by atoms with van der Waals surface area (Å²) in [6, 6.07) is 5.94. The number of rotatable bonds is 3. The normalized spacial score (nSPS) is 22.9. The third-order valence-electron chi connectivity index (χ3n) is 3.46. The predicted octanol–water partition coefficient (Wildman–Crippen LogP) is 3.75. The number of carbonyl (C=O) groups is 1. The highest BCUT2D eigenvalue weighted by Gasteiger charge is 2.31. The number of amides is 1. The Hall–Kier alpha value is -1.21. The van der Waals surface area contributed by atoms with Gasteiger partial charge >= 0.3 is 5.51 Å². The summed E-state index contributed by atoms with van der Waals surface area (Å²) in [5.74, 6) is -0.474. The average Bonchev–Trinajstić information content (AvgIpc) is 2.39. The van der Waals surface area contributed by atoms with Crippen molar-refractivity contribution in [1.29, 1.82) is 0 Å². The molecule has 0 heterocycles. The molecule has 0 bridgehead atoms. The number of nitrogens with two attached hydrogens (primary N) is 1. The van der Waals surface area contributed by atoms with Crippen LogP contribution in [0.4, 0.5) is 18.9 Å². The van der Waals surface area contributed by atoms with E-state index >= 15 is 0 Å². The van der Waals surface area contributed by atoms with E-state index < -0.39 is 5.51 Å². The van der Waals surface area contributed by atoms with Crippen LogP contribution in [0.2, 0.25) is 0 Å². The Balaban J connectivity index is 2.07. The fraction of sp³-hybridized carbons (Fsp3) is 0.500. The molecule has 1 saturated carbocycles. The Kier molecular flexibility index (Phi) is 5.16. The molecule has 0 radical (unpaired) electrons. The first-order chi connectivity index (χ1) is 9.85. The molecule has 1 amide bonds. The molecule has 1 aliphatic carbocycles. The van der Waals surface area contributed by atoms with Gasteiger partial charge in [-0.3, -0.25) is 4.79 Å². The third-order valence-corrected chi connectivity index (χ3v) is 4.26. The fourth-order valence-electron chi connectivity index (χ4n) is 2.48. The molecule has 1 fully saturated rings. The minimum Gasteiger partial charge on any atom is -0.328 e. The zero-order valence-electron chi connectivity index (χ0n) is 11.3. The minimum atomic E-state index is -4.38. The maximum Gasteiger partial charge on any atom is 0.446 e. The van der Waals surface area contributed by atoms with Crippen LogP contribution in [0.5, 0.6) is 0 Å².